The molecule has 0 aliphatic carbocycles. The Balaban J connectivity index is 2.04. The summed E-state index contributed by atoms with van der Waals surface area (Å²) >= 11 is 0. The van der Waals surface area contributed by atoms with Crippen LogP contribution in [0.1, 0.15) is 31.4 Å². The number of hydrogen-bond donors (Lipinski definition) is 1. The third-order valence-corrected chi connectivity index (χ3v) is 3.57. The zero-order valence-corrected chi connectivity index (χ0v) is 12.4. The van der Waals surface area contributed by atoms with E-state index < -0.39 is 0 Å². The minimum atomic E-state index is 0.0631. The summed E-state index contributed by atoms with van der Waals surface area (Å²) in [5.74, 6) is 0.875. The smallest absolute Gasteiger partial charge is 0.119 e. The summed E-state index contributed by atoms with van der Waals surface area (Å²) in [5, 5.41) is 3.38. The molecule has 4 nitrogen and oxygen atoms in total. The molecule has 4 heteroatoms. The van der Waals surface area contributed by atoms with Gasteiger partial charge in [-0.05, 0) is 37.1 Å². The van der Waals surface area contributed by atoms with E-state index in [0.717, 1.165) is 50.5 Å². The van der Waals surface area contributed by atoms with Gasteiger partial charge in [0.15, 0.2) is 0 Å². The van der Waals surface area contributed by atoms with Gasteiger partial charge in [0.2, 0.25) is 0 Å². The van der Waals surface area contributed by atoms with E-state index in [1.165, 1.54) is 0 Å². The minimum Gasteiger partial charge on any atom is -0.497 e. The summed E-state index contributed by atoms with van der Waals surface area (Å²) in [4.78, 5) is 0. The third-order valence-electron chi connectivity index (χ3n) is 3.57. The van der Waals surface area contributed by atoms with E-state index in [0.29, 0.717) is 6.10 Å². The molecule has 1 aliphatic heterocycles. The molecule has 0 saturated carbocycles. The standard InChI is InChI=1S/C16H25NO3/c1-3-17-12-16(20-14-7-9-19-10-8-14)13-5-4-6-15(11-13)18-2/h4-6,11,14,16-17H,3,7-10,12H2,1-2H3. The van der Waals surface area contributed by atoms with Gasteiger partial charge in [-0.15, -0.1) is 0 Å². The highest BCUT2D eigenvalue weighted by atomic mass is 16.5. The van der Waals surface area contributed by atoms with Gasteiger partial charge in [0.25, 0.3) is 0 Å². The van der Waals surface area contributed by atoms with Crippen LogP contribution in [0, 0.1) is 0 Å². The lowest BCUT2D eigenvalue weighted by molar-refractivity contribution is -0.0688. The monoisotopic (exact) mass is 279 g/mol. The fourth-order valence-electron chi connectivity index (χ4n) is 2.41. The average molecular weight is 279 g/mol. The van der Waals surface area contributed by atoms with Gasteiger partial charge in [0.05, 0.1) is 19.3 Å². The van der Waals surface area contributed by atoms with Crippen molar-refractivity contribution in [2.75, 3.05) is 33.4 Å². The van der Waals surface area contributed by atoms with Crippen molar-refractivity contribution in [3.05, 3.63) is 29.8 Å². The summed E-state index contributed by atoms with van der Waals surface area (Å²) in [6, 6.07) is 8.13. The van der Waals surface area contributed by atoms with Crippen molar-refractivity contribution in [3.63, 3.8) is 0 Å². The molecule has 1 N–H and O–H groups in total. The molecule has 1 aromatic carbocycles. The molecule has 0 aromatic heterocycles. The zero-order valence-electron chi connectivity index (χ0n) is 12.4. The van der Waals surface area contributed by atoms with Crippen molar-refractivity contribution in [2.45, 2.75) is 32.0 Å². The Labute approximate surface area is 121 Å². The quantitative estimate of drug-likeness (QED) is 0.832. The highest BCUT2D eigenvalue weighted by molar-refractivity contribution is 5.30. The lowest BCUT2D eigenvalue weighted by Crippen LogP contribution is -2.30. The highest BCUT2D eigenvalue weighted by Crippen LogP contribution is 2.25. The number of likely N-dealkylation sites (N-methyl/N-ethyl adjacent to an activating group) is 1. The number of benzene rings is 1. The molecule has 1 aliphatic rings. The van der Waals surface area contributed by atoms with Crippen molar-refractivity contribution in [3.8, 4) is 5.75 Å². The Bertz CT molecular complexity index is 391. The van der Waals surface area contributed by atoms with Gasteiger partial charge in [-0.25, -0.2) is 0 Å². The Kier molecular flexibility index (Phi) is 6.30. The average Bonchev–Trinajstić information content (AvgIpc) is 2.52. The van der Waals surface area contributed by atoms with Crippen molar-refractivity contribution in [1.82, 2.24) is 5.32 Å². The number of ether oxygens (including phenoxy) is 3. The second kappa shape index (κ2) is 8.25. The van der Waals surface area contributed by atoms with Gasteiger partial charge in [0.1, 0.15) is 5.75 Å². The fraction of sp³-hybridized carbons (Fsp3) is 0.625. The van der Waals surface area contributed by atoms with Crippen LogP contribution in [0.2, 0.25) is 0 Å². The minimum absolute atomic E-state index is 0.0631. The molecule has 0 amide bonds. The zero-order chi connectivity index (χ0) is 14.2. The van der Waals surface area contributed by atoms with Crippen LogP contribution >= 0.6 is 0 Å². The maximum atomic E-state index is 6.28. The van der Waals surface area contributed by atoms with Crippen LogP contribution in [0.15, 0.2) is 24.3 Å². The topological polar surface area (TPSA) is 39.7 Å². The number of nitrogens with one attached hydrogen (secondary N) is 1. The summed E-state index contributed by atoms with van der Waals surface area (Å²) < 4.78 is 17.0. The second-order valence-corrected chi connectivity index (χ2v) is 5.02. The summed E-state index contributed by atoms with van der Waals surface area (Å²) in [7, 11) is 1.69. The number of rotatable bonds is 7. The Morgan fingerprint density at radius 2 is 2.15 bits per heavy atom. The lowest BCUT2D eigenvalue weighted by Gasteiger charge is -2.28. The first kappa shape index (κ1) is 15.3. The summed E-state index contributed by atoms with van der Waals surface area (Å²) in [6.45, 7) is 5.48. The van der Waals surface area contributed by atoms with Gasteiger partial charge in [0, 0.05) is 19.8 Å². The largest absolute Gasteiger partial charge is 0.497 e. The van der Waals surface area contributed by atoms with E-state index in [1.807, 2.05) is 12.1 Å². The Morgan fingerprint density at radius 3 is 2.85 bits per heavy atom. The molecule has 2 rings (SSSR count). The van der Waals surface area contributed by atoms with Crippen LogP contribution in [-0.2, 0) is 9.47 Å². The van der Waals surface area contributed by atoms with Gasteiger partial charge in [-0.2, -0.15) is 0 Å². The van der Waals surface area contributed by atoms with E-state index in [-0.39, 0.29) is 6.10 Å². The molecule has 0 bridgehead atoms. The van der Waals surface area contributed by atoms with Gasteiger partial charge >= 0.3 is 0 Å². The SMILES string of the molecule is CCNCC(OC1CCOCC1)c1cccc(OC)c1. The van der Waals surface area contributed by atoms with Crippen molar-refractivity contribution in [2.24, 2.45) is 0 Å². The first-order valence-corrected chi connectivity index (χ1v) is 7.41. The predicted molar refractivity (Wildman–Crippen MR) is 79.2 cm³/mol. The fourth-order valence-corrected chi connectivity index (χ4v) is 2.41. The van der Waals surface area contributed by atoms with E-state index in [1.54, 1.807) is 7.11 Å². The first-order chi connectivity index (χ1) is 9.83. The Hall–Kier alpha value is -1.10. The van der Waals surface area contributed by atoms with Crippen LogP contribution in [-0.4, -0.2) is 39.5 Å². The van der Waals surface area contributed by atoms with Crippen molar-refractivity contribution >= 4 is 0 Å². The predicted octanol–water partition coefficient (Wildman–Crippen LogP) is 2.54. The molecule has 1 unspecified atom stereocenters. The van der Waals surface area contributed by atoms with Crippen LogP contribution < -0.4 is 10.1 Å². The maximum Gasteiger partial charge on any atom is 0.119 e. The normalized spacial score (nSPS) is 17.9. The molecule has 1 saturated heterocycles. The molecule has 1 heterocycles. The van der Waals surface area contributed by atoms with Crippen LogP contribution in [0.25, 0.3) is 0 Å². The molecule has 1 fully saturated rings. The lowest BCUT2D eigenvalue weighted by atomic mass is 10.1. The van der Waals surface area contributed by atoms with Crippen molar-refractivity contribution in [1.29, 1.82) is 0 Å². The van der Waals surface area contributed by atoms with Gasteiger partial charge < -0.3 is 19.5 Å². The van der Waals surface area contributed by atoms with Crippen molar-refractivity contribution < 1.29 is 14.2 Å². The summed E-state index contributed by atoms with van der Waals surface area (Å²) in [5.41, 5.74) is 1.16. The number of hydrogen-bond acceptors (Lipinski definition) is 4. The third kappa shape index (κ3) is 4.47. The molecule has 1 aromatic rings. The molecular formula is C16H25NO3. The molecule has 0 spiro atoms. The Morgan fingerprint density at radius 1 is 1.35 bits per heavy atom. The molecule has 0 radical (unpaired) electrons. The van der Waals surface area contributed by atoms with E-state index in [2.05, 4.69) is 24.4 Å². The molecule has 1 atom stereocenters. The molecule has 112 valence electrons. The van der Waals surface area contributed by atoms with E-state index in [4.69, 9.17) is 14.2 Å². The van der Waals surface area contributed by atoms with Crippen LogP contribution in [0.3, 0.4) is 0 Å². The van der Waals surface area contributed by atoms with Gasteiger partial charge in [-0.3, -0.25) is 0 Å². The molecule has 20 heavy (non-hydrogen) atoms. The first-order valence-electron chi connectivity index (χ1n) is 7.41. The number of methoxy groups -OCH3 is 1. The summed E-state index contributed by atoms with van der Waals surface area (Å²) in [6.07, 6.45) is 2.31. The van der Waals surface area contributed by atoms with E-state index >= 15 is 0 Å². The van der Waals surface area contributed by atoms with Gasteiger partial charge in [-0.1, -0.05) is 19.1 Å². The van der Waals surface area contributed by atoms with Crippen LogP contribution in [0.4, 0.5) is 0 Å². The molecular weight excluding hydrogens is 254 g/mol. The van der Waals surface area contributed by atoms with Crippen LogP contribution in [0.5, 0.6) is 5.75 Å². The second-order valence-electron chi connectivity index (χ2n) is 5.02. The maximum absolute atomic E-state index is 6.28. The van der Waals surface area contributed by atoms with E-state index in [9.17, 15) is 0 Å². The highest BCUT2D eigenvalue weighted by Gasteiger charge is 2.21.